The number of sulfonamides is 1. The zero-order valence-electron chi connectivity index (χ0n) is 23.9. The molecule has 3 rings (SSSR count). The Morgan fingerprint density at radius 1 is 0.951 bits per heavy atom. The molecular weight excluding hydrogens is 562 g/mol. The fraction of sp³-hybridized carbons (Fsp3) is 0.355. The Bertz CT molecular complexity index is 1400. The number of carbonyl (C=O) groups is 2. The summed E-state index contributed by atoms with van der Waals surface area (Å²) in [7, 11) is -3.85. The molecule has 1 atom stereocenters. The molecule has 0 heterocycles. The van der Waals surface area contributed by atoms with Crippen molar-refractivity contribution in [2.75, 3.05) is 23.7 Å². The summed E-state index contributed by atoms with van der Waals surface area (Å²) >= 11 is 6.40. The first-order chi connectivity index (χ1) is 19.5. The molecule has 0 aliphatic rings. The van der Waals surface area contributed by atoms with E-state index in [0.717, 1.165) is 16.1 Å². The molecule has 0 radical (unpaired) electrons. The van der Waals surface area contributed by atoms with Crippen molar-refractivity contribution in [3.63, 3.8) is 0 Å². The predicted octanol–water partition coefficient (Wildman–Crippen LogP) is 5.26. The van der Waals surface area contributed by atoms with Gasteiger partial charge in [-0.2, -0.15) is 0 Å². The van der Waals surface area contributed by atoms with Gasteiger partial charge in [-0.3, -0.25) is 13.9 Å². The number of halogens is 1. The lowest BCUT2D eigenvalue weighted by Crippen LogP contribution is -2.52. The first-order valence-electron chi connectivity index (χ1n) is 13.5. The molecule has 0 saturated carbocycles. The lowest BCUT2D eigenvalue weighted by atomic mass is 10.1. The lowest BCUT2D eigenvalue weighted by molar-refractivity contribution is -0.140. The Kier molecular flexibility index (Phi) is 11.6. The summed E-state index contributed by atoms with van der Waals surface area (Å²) in [5.41, 5.74) is 1.97. The van der Waals surface area contributed by atoms with E-state index in [1.165, 1.54) is 4.90 Å². The summed E-state index contributed by atoms with van der Waals surface area (Å²) < 4.78 is 32.6. The third-order valence-electron chi connectivity index (χ3n) is 6.42. The van der Waals surface area contributed by atoms with E-state index in [1.807, 2.05) is 51.1 Å². The Labute approximate surface area is 248 Å². The normalized spacial score (nSPS) is 12.0. The highest BCUT2D eigenvalue weighted by atomic mass is 35.5. The number of nitrogens with one attached hydrogen (secondary N) is 1. The number of hydrogen-bond donors (Lipinski definition) is 1. The van der Waals surface area contributed by atoms with E-state index in [-0.39, 0.29) is 18.4 Å². The molecule has 10 heteroatoms. The molecule has 8 nitrogen and oxygen atoms in total. The van der Waals surface area contributed by atoms with E-state index < -0.39 is 28.5 Å². The highest BCUT2D eigenvalue weighted by molar-refractivity contribution is 7.92. The molecule has 41 heavy (non-hydrogen) atoms. The SMILES string of the molecule is CC[C@H](C(=O)NCC(C)C)N(Cc1ccccc1Cl)C(=O)CN(c1ccc(OCc2ccccc2)cc1)S(C)(=O)=O. The van der Waals surface area contributed by atoms with Crippen LogP contribution < -0.4 is 14.4 Å². The largest absolute Gasteiger partial charge is 0.489 e. The Morgan fingerprint density at radius 3 is 2.17 bits per heavy atom. The van der Waals surface area contributed by atoms with E-state index >= 15 is 0 Å². The molecule has 3 aromatic rings. The minimum absolute atomic E-state index is 0.0516. The van der Waals surface area contributed by atoms with Crippen LogP contribution in [0.3, 0.4) is 0 Å². The fourth-order valence-corrected chi connectivity index (χ4v) is 5.26. The summed E-state index contributed by atoms with van der Waals surface area (Å²) in [5.74, 6) is -0.0335. The van der Waals surface area contributed by atoms with Gasteiger partial charge in [0.15, 0.2) is 0 Å². The van der Waals surface area contributed by atoms with Crippen LogP contribution in [0.2, 0.25) is 5.02 Å². The summed E-state index contributed by atoms with van der Waals surface area (Å²) in [6.45, 7) is 6.17. The van der Waals surface area contributed by atoms with Crippen LogP contribution in [0.15, 0.2) is 78.9 Å². The molecule has 2 amide bonds. The summed E-state index contributed by atoms with van der Waals surface area (Å²) in [6, 6.07) is 22.5. The van der Waals surface area contributed by atoms with Crippen molar-refractivity contribution in [1.29, 1.82) is 0 Å². The number of anilines is 1. The monoisotopic (exact) mass is 599 g/mol. The molecule has 3 aromatic carbocycles. The fourth-order valence-electron chi connectivity index (χ4n) is 4.22. The van der Waals surface area contributed by atoms with Crippen molar-refractivity contribution in [2.45, 2.75) is 46.4 Å². The van der Waals surface area contributed by atoms with Gasteiger partial charge in [0.25, 0.3) is 0 Å². The van der Waals surface area contributed by atoms with E-state index in [4.69, 9.17) is 16.3 Å². The maximum atomic E-state index is 13.8. The number of hydrogen-bond acceptors (Lipinski definition) is 5. The average molecular weight is 600 g/mol. The van der Waals surface area contributed by atoms with Crippen LogP contribution in [0.4, 0.5) is 5.69 Å². The van der Waals surface area contributed by atoms with Crippen LogP contribution in [0, 0.1) is 5.92 Å². The van der Waals surface area contributed by atoms with Crippen molar-refractivity contribution < 1.29 is 22.7 Å². The summed E-state index contributed by atoms with van der Waals surface area (Å²) in [6.07, 6.45) is 1.39. The molecule has 220 valence electrons. The van der Waals surface area contributed by atoms with Crippen LogP contribution in [0.25, 0.3) is 0 Å². The van der Waals surface area contributed by atoms with Gasteiger partial charge in [0, 0.05) is 18.1 Å². The number of rotatable bonds is 14. The van der Waals surface area contributed by atoms with Crippen LogP contribution >= 0.6 is 11.6 Å². The Balaban J connectivity index is 1.85. The molecule has 0 fully saturated rings. The van der Waals surface area contributed by atoms with Gasteiger partial charge in [0.2, 0.25) is 21.8 Å². The maximum Gasteiger partial charge on any atom is 0.244 e. The number of amides is 2. The Hall–Kier alpha value is -3.56. The summed E-state index contributed by atoms with van der Waals surface area (Å²) in [5, 5.41) is 3.36. The second kappa shape index (κ2) is 14.9. The van der Waals surface area contributed by atoms with Gasteiger partial charge in [0.05, 0.1) is 11.9 Å². The zero-order valence-corrected chi connectivity index (χ0v) is 25.5. The van der Waals surface area contributed by atoms with Gasteiger partial charge in [-0.15, -0.1) is 0 Å². The smallest absolute Gasteiger partial charge is 0.244 e. The maximum absolute atomic E-state index is 13.8. The third kappa shape index (κ3) is 9.50. The first kappa shape index (κ1) is 32.0. The quantitative estimate of drug-likeness (QED) is 0.273. The molecule has 0 bridgehead atoms. The van der Waals surface area contributed by atoms with Crippen LogP contribution in [0.5, 0.6) is 5.75 Å². The van der Waals surface area contributed by atoms with Crippen molar-refractivity contribution in [3.8, 4) is 5.75 Å². The van der Waals surface area contributed by atoms with E-state index in [1.54, 1.807) is 48.5 Å². The van der Waals surface area contributed by atoms with Crippen molar-refractivity contribution in [2.24, 2.45) is 5.92 Å². The molecule has 0 saturated heterocycles. The van der Waals surface area contributed by atoms with Crippen LogP contribution in [0.1, 0.15) is 38.3 Å². The van der Waals surface area contributed by atoms with Crippen molar-refractivity contribution in [3.05, 3.63) is 95.0 Å². The number of carbonyl (C=O) groups excluding carboxylic acids is 2. The molecule has 1 N–H and O–H groups in total. The summed E-state index contributed by atoms with van der Waals surface area (Å²) in [4.78, 5) is 28.4. The molecule has 0 spiro atoms. The minimum atomic E-state index is -3.85. The van der Waals surface area contributed by atoms with Gasteiger partial charge in [-0.1, -0.05) is 80.9 Å². The molecule has 0 aliphatic heterocycles. The van der Waals surface area contributed by atoms with Crippen molar-refractivity contribution in [1.82, 2.24) is 10.2 Å². The standard InChI is InChI=1S/C31H38ClN3O5S/c1-5-29(31(37)33-19-23(2)3)34(20-25-13-9-10-14-28(25)32)30(36)21-35(41(4,38)39)26-15-17-27(18-16-26)40-22-24-11-7-6-8-12-24/h6-18,23,29H,5,19-22H2,1-4H3,(H,33,37)/t29-/m1/s1. The van der Waals surface area contributed by atoms with E-state index in [9.17, 15) is 18.0 Å². The Morgan fingerprint density at radius 2 is 1.59 bits per heavy atom. The van der Waals surface area contributed by atoms with E-state index in [0.29, 0.717) is 41.6 Å². The highest BCUT2D eigenvalue weighted by Crippen LogP contribution is 2.24. The second-order valence-electron chi connectivity index (χ2n) is 10.2. The lowest BCUT2D eigenvalue weighted by Gasteiger charge is -2.33. The van der Waals surface area contributed by atoms with Crippen molar-refractivity contribution >= 4 is 39.1 Å². The number of ether oxygens (including phenoxy) is 1. The predicted molar refractivity (Wildman–Crippen MR) is 163 cm³/mol. The van der Waals surface area contributed by atoms with Gasteiger partial charge >= 0.3 is 0 Å². The first-order valence-corrected chi connectivity index (χ1v) is 15.8. The molecule has 0 aromatic heterocycles. The van der Waals surface area contributed by atoms with Gasteiger partial charge in [-0.25, -0.2) is 8.42 Å². The topological polar surface area (TPSA) is 96.0 Å². The minimum Gasteiger partial charge on any atom is -0.489 e. The number of nitrogens with zero attached hydrogens (tertiary/aromatic N) is 2. The molecule has 0 aliphatic carbocycles. The van der Waals surface area contributed by atoms with Gasteiger partial charge in [0.1, 0.15) is 24.9 Å². The molecular formula is C31H38ClN3O5S. The average Bonchev–Trinajstić information content (AvgIpc) is 2.94. The van der Waals surface area contributed by atoms with Gasteiger partial charge in [-0.05, 0) is 53.8 Å². The third-order valence-corrected chi connectivity index (χ3v) is 7.93. The van der Waals surface area contributed by atoms with E-state index in [2.05, 4.69) is 5.32 Å². The zero-order chi connectivity index (χ0) is 30.0. The number of benzene rings is 3. The highest BCUT2D eigenvalue weighted by Gasteiger charge is 2.32. The molecule has 0 unspecified atom stereocenters. The van der Waals surface area contributed by atoms with Crippen LogP contribution in [-0.4, -0.2) is 50.5 Å². The second-order valence-corrected chi connectivity index (χ2v) is 12.5. The van der Waals surface area contributed by atoms with Gasteiger partial charge < -0.3 is 15.0 Å². The van der Waals surface area contributed by atoms with Crippen LogP contribution in [-0.2, 0) is 32.8 Å².